The van der Waals surface area contributed by atoms with Gasteiger partial charge in [0.25, 0.3) is 0 Å². The number of nitrogens with one attached hydrogen (secondary N) is 1. The van der Waals surface area contributed by atoms with Gasteiger partial charge in [-0.15, -0.1) is 0 Å². The monoisotopic (exact) mass is 370 g/mol. The molecule has 146 valence electrons. The third kappa shape index (κ3) is 4.87. The SMILES string of the molecule is CN1CCCC(COc2ccc3cnc(NC4CCC(O)CC4)nc3c2)C1. The molecule has 6 heteroatoms. The third-order valence-corrected chi connectivity index (χ3v) is 5.79. The zero-order valence-corrected chi connectivity index (χ0v) is 16.1. The van der Waals surface area contributed by atoms with Crippen molar-refractivity contribution in [1.29, 1.82) is 0 Å². The van der Waals surface area contributed by atoms with Gasteiger partial charge in [-0.25, -0.2) is 9.97 Å². The number of likely N-dealkylation sites (tertiary alicyclic amines) is 1. The number of hydrogen-bond donors (Lipinski definition) is 2. The van der Waals surface area contributed by atoms with E-state index in [1.54, 1.807) is 0 Å². The van der Waals surface area contributed by atoms with Crippen molar-refractivity contribution in [1.82, 2.24) is 14.9 Å². The standard InChI is InChI=1S/C21H30N4O2/c1-25-10-2-3-15(13-25)14-27-19-9-4-16-12-22-21(24-20(16)11-19)23-17-5-7-18(26)8-6-17/h4,9,11-12,15,17-18,26H,2-3,5-8,10,13-14H2,1H3,(H,22,23,24). The highest BCUT2D eigenvalue weighted by atomic mass is 16.5. The molecule has 4 rings (SSSR count). The van der Waals surface area contributed by atoms with Crippen molar-refractivity contribution >= 4 is 16.9 Å². The minimum atomic E-state index is -0.149. The Labute approximate surface area is 161 Å². The van der Waals surface area contributed by atoms with E-state index in [9.17, 15) is 5.11 Å². The van der Waals surface area contributed by atoms with Gasteiger partial charge in [0.1, 0.15) is 5.75 Å². The van der Waals surface area contributed by atoms with Crippen LogP contribution in [0.15, 0.2) is 24.4 Å². The Morgan fingerprint density at radius 1 is 1.22 bits per heavy atom. The van der Waals surface area contributed by atoms with Crippen LogP contribution in [-0.4, -0.2) is 58.9 Å². The van der Waals surface area contributed by atoms with Crippen LogP contribution in [0.5, 0.6) is 5.75 Å². The second kappa shape index (κ2) is 8.40. The van der Waals surface area contributed by atoms with E-state index in [0.717, 1.165) is 55.5 Å². The zero-order valence-electron chi connectivity index (χ0n) is 16.1. The van der Waals surface area contributed by atoms with Crippen LogP contribution in [0, 0.1) is 5.92 Å². The molecule has 1 saturated carbocycles. The first-order valence-corrected chi connectivity index (χ1v) is 10.2. The Kier molecular flexibility index (Phi) is 5.74. The number of aromatic nitrogens is 2. The number of aliphatic hydroxyl groups excluding tert-OH is 1. The molecular weight excluding hydrogens is 340 g/mol. The molecule has 1 aromatic carbocycles. The van der Waals surface area contributed by atoms with Crippen LogP contribution in [0.1, 0.15) is 38.5 Å². The summed E-state index contributed by atoms with van der Waals surface area (Å²) in [6.07, 6.45) is 7.82. The fraction of sp³-hybridized carbons (Fsp3) is 0.619. The number of nitrogens with zero attached hydrogens (tertiary/aromatic N) is 3. The van der Waals surface area contributed by atoms with Crippen molar-refractivity contribution in [3.05, 3.63) is 24.4 Å². The molecule has 1 unspecified atom stereocenters. The van der Waals surface area contributed by atoms with Gasteiger partial charge in [-0.05, 0) is 64.3 Å². The van der Waals surface area contributed by atoms with Crippen molar-refractivity contribution in [2.75, 3.05) is 32.1 Å². The fourth-order valence-corrected chi connectivity index (χ4v) is 4.19. The summed E-state index contributed by atoms with van der Waals surface area (Å²) in [4.78, 5) is 11.5. The molecule has 2 aromatic rings. The normalized spacial score (nSPS) is 26.8. The highest BCUT2D eigenvalue weighted by Crippen LogP contribution is 2.24. The van der Waals surface area contributed by atoms with E-state index < -0.39 is 0 Å². The summed E-state index contributed by atoms with van der Waals surface area (Å²) < 4.78 is 6.07. The van der Waals surface area contributed by atoms with Gasteiger partial charge in [-0.2, -0.15) is 0 Å². The second-order valence-corrected chi connectivity index (χ2v) is 8.15. The van der Waals surface area contributed by atoms with E-state index in [1.165, 1.54) is 19.4 Å². The number of aliphatic hydroxyl groups is 1. The maximum atomic E-state index is 9.65. The Bertz CT molecular complexity index is 761. The second-order valence-electron chi connectivity index (χ2n) is 8.15. The molecule has 1 aliphatic carbocycles. The largest absolute Gasteiger partial charge is 0.493 e. The minimum absolute atomic E-state index is 0.149. The molecule has 1 aromatic heterocycles. The summed E-state index contributed by atoms with van der Waals surface area (Å²) in [5.74, 6) is 2.14. The fourth-order valence-electron chi connectivity index (χ4n) is 4.19. The van der Waals surface area contributed by atoms with E-state index >= 15 is 0 Å². The third-order valence-electron chi connectivity index (χ3n) is 5.79. The number of hydrogen-bond acceptors (Lipinski definition) is 6. The van der Waals surface area contributed by atoms with E-state index in [-0.39, 0.29) is 6.10 Å². The number of piperidine rings is 1. The van der Waals surface area contributed by atoms with Crippen molar-refractivity contribution in [2.45, 2.75) is 50.7 Å². The smallest absolute Gasteiger partial charge is 0.223 e. The average molecular weight is 370 g/mol. The van der Waals surface area contributed by atoms with E-state index in [1.807, 2.05) is 24.4 Å². The van der Waals surface area contributed by atoms with E-state index in [2.05, 4.69) is 27.2 Å². The molecule has 6 nitrogen and oxygen atoms in total. The van der Waals surface area contributed by atoms with Crippen LogP contribution in [0.4, 0.5) is 5.95 Å². The predicted molar refractivity (Wildman–Crippen MR) is 107 cm³/mol. The maximum Gasteiger partial charge on any atom is 0.223 e. The van der Waals surface area contributed by atoms with Gasteiger partial charge in [0.2, 0.25) is 5.95 Å². The quantitative estimate of drug-likeness (QED) is 0.843. The van der Waals surface area contributed by atoms with Crippen LogP contribution in [0.2, 0.25) is 0 Å². The van der Waals surface area contributed by atoms with Crippen LogP contribution >= 0.6 is 0 Å². The predicted octanol–water partition coefficient (Wildman–Crippen LogP) is 3.07. The Hall–Kier alpha value is -1.92. The lowest BCUT2D eigenvalue weighted by Gasteiger charge is -2.29. The maximum absolute atomic E-state index is 9.65. The summed E-state index contributed by atoms with van der Waals surface area (Å²) in [6.45, 7) is 3.06. The number of fused-ring (bicyclic) bond motifs is 1. The summed E-state index contributed by atoms with van der Waals surface area (Å²) in [7, 11) is 2.18. The molecule has 2 fully saturated rings. The summed E-state index contributed by atoms with van der Waals surface area (Å²) in [5, 5.41) is 14.1. The highest BCUT2D eigenvalue weighted by molar-refractivity contribution is 5.80. The first-order chi connectivity index (χ1) is 13.2. The Morgan fingerprint density at radius 2 is 2.07 bits per heavy atom. The number of ether oxygens (including phenoxy) is 1. The van der Waals surface area contributed by atoms with Crippen LogP contribution in [0.25, 0.3) is 10.9 Å². The first kappa shape index (κ1) is 18.4. The topological polar surface area (TPSA) is 70.5 Å². The van der Waals surface area contributed by atoms with Gasteiger partial charge in [0.15, 0.2) is 0 Å². The number of benzene rings is 1. The van der Waals surface area contributed by atoms with Gasteiger partial charge < -0.3 is 20.1 Å². The van der Waals surface area contributed by atoms with Crippen molar-refractivity contribution < 1.29 is 9.84 Å². The molecule has 1 aliphatic heterocycles. The average Bonchev–Trinajstić information content (AvgIpc) is 2.68. The lowest BCUT2D eigenvalue weighted by atomic mass is 9.93. The summed E-state index contributed by atoms with van der Waals surface area (Å²) in [5.41, 5.74) is 0.904. The van der Waals surface area contributed by atoms with Gasteiger partial charge >= 0.3 is 0 Å². The molecule has 2 aliphatic rings. The molecule has 2 N–H and O–H groups in total. The Balaban J connectivity index is 1.40. The van der Waals surface area contributed by atoms with Crippen LogP contribution < -0.4 is 10.1 Å². The minimum Gasteiger partial charge on any atom is -0.493 e. The first-order valence-electron chi connectivity index (χ1n) is 10.2. The van der Waals surface area contributed by atoms with Crippen molar-refractivity contribution in [3.8, 4) is 5.75 Å². The number of anilines is 1. The van der Waals surface area contributed by atoms with Gasteiger partial charge in [0, 0.05) is 36.2 Å². The Morgan fingerprint density at radius 3 is 2.89 bits per heavy atom. The molecule has 0 bridgehead atoms. The summed E-state index contributed by atoms with van der Waals surface area (Å²) in [6, 6.07) is 6.39. The van der Waals surface area contributed by atoms with E-state index in [4.69, 9.17) is 4.74 Å². The van der Waals surface area contributed by atoms with Gasteiger partial charge in [-0.1, -0.05) is 0 Å². The molecule has 0 spiro atoms. The molecular formula is C21H30N4O2. The van der Waals surface area contributed by atoms with Crippen LogP contribution in [-0.2, 0) is 0 Å². The van der Waals surface area contributed by atoms with Crippen LogP contribution in [0.3, 0.4) is 0 Å². The van der Waals surface area contributed by atoms with Gasteiger partial charge in [-0.3, -0.25) is 0 Å². The summed E-state index contributed by atoms with van der Waals surface area (Å²) >= 11 is 0. The van der Waals surface area contributed by atoms with Crippen molar-refractivity contribution in [3.63, 3.8) is 0 Å². The zero-order chi connectivity index (χ0) is 18.6. The molecule has 2 heterocycles. The van der Waals surface area contributed by atoms with Crippen molar-refractivity contribution in [2.24, 2.45) is 5.92 Å². The molecule has 1 saturated heterocycles. The highest BCUT2D eigenvalue weighted by Gasteiger charge is 2.20. The lowest BCUT2D eigenvalue weighted by molar-refractivity contribution is 0.126. The van der Waals surface area contributed by atoms with Gasteiger partial charge in [0.05, 0.1) is 18.2 Å². The lowest BCUT2D eigenvalue weighted by Crippen LogP contribution is -2.34. The number of rotatable bonds is 5. The molecule has 27 heavy (non-hydrogen) atoms. The molecule has 0 radical (unpaired) electrons. The van der Waals surface area contributed by atoms with E-state index in [0.29, 0.717) is 17.9 Å². The molecule has 0 amide bonds. The molecule has 1 atom stereocenters.